The molecule has 0 saturated carbocycles. The summed E-state index contributed by atoms with van der Waals surface area (Å²) in [6.07, 6.45) is 5.45. The van der Waals surface area contributed by atoms with Crippen molar-refractivity contribution in [3.63, 3.8) is 0 Å². The van der Waals surface area contributed by atoms with Crippen LogP contribution in [0.4, 0.5) is 16.0 Å². The molecule has 1 atom stereocenters. The van der Waals surface area contributed by atoms with Crippen LogP contribution >= 0.6 is 0 Å². The maximum atomic E-state index is 15.0. The molecule has 0 amide bonds. The second-order valence-electron chi connectivity index (χ2n) is 11.6. The van der Waals surface area contributed by atoms with E-state index in [1.54, 1.807) is 42.7 Å². The number of hydrogen-bond acceptors (Lipinski definition) is 8. The van der Waals surface area contributed by atoms with Gasteiger partial charge in [0.15, 0.2) is 0 Å². The molecule has 1 saturated heterocycles. The van der Waals surface area contributed by atoms with E-state index in [2.05, 4.69) is 25.3 Å². The first-order valence-electron chi connectivity index (χ1n) is 13.6. The van der Waals surface area contributed by atoms with E-state index in [9.17, 15) is 8.42 Å². The Kier molecular flexibility index (Phi) is 8.10. The summed E-state index contributed by atoms with van der Waals surface area (Å²) in [5.74, 6) is 0.452. The molecule has 4 aromatic rings. The number of piperidine rings is 1. The summed E-state index contributed by atoms with van der Waals surface area (Å²) in [5.41, 5.74) is 1.45. The lowest BCUT2D eigenvalue weighted by molar-refractivity contribution is 0.463. The van der Waals surface area contributed by atoms with Gasteiger partial charge in [0.25, 0.3) is 0 Å². The number of halogens is 1. The Balaban J connectivity index is 1.50. The van der Waals surface area contributed by atoms with Crippen molar-refractivity contribution in [2.24, 2.45) is 5.41 Å². The molecular formula is C30H35FN6O3S. The average Bonchev–Trinajstić information content (AvgIpc) is 2.91. The number of nitrogens with zero attached hydrogens (tertiary/aromatic N) is 3. The highest BCUT2D eigenvalue weighted by molar-refractivity contribution is 7.92. The van der Waals surface area contributed by atoms with E-state index >= 15 is 4.39 Å². The minimum atomic E-state index is -3.81. The first-order valence-corrected chi connectivity index (χ1v) is 15.3. The fourth-order valence-corrected chi connectivity index (χ4v) is 6.69. The molecule has 216 valence electrons. The van der Waals surface area contributed by atoms with Gasteiger partial charge in [-0.15, -0.1) is 0 Å². The monoisotopic (exact) mass is 578 g/mol. The van der Waals surface area contributed by atoms with E-state index in [4.69, 9.17) is 9.72 Å². The molecule has 5 rings (SSSR count). The normalized spacial score (nSPS) is 16.0. The minimum Gasteiger partial charge on any atom is -0.437 e. The number of anilines is 2. The molecule has 3 N–H and O–H groups in total. The van der Waals surface area contributed by atoms with Gasteiger partial charge in [0.1, 0.15) is 11.6 Å². The number of nitrogens with one attached hydrogen (secondary N) is 3. The number of pyridine rings is 1. The first kappa shape index (κ1) is 28.7. The van der Waals surface area contributed by atoms with Crippen LogP contribution in [0.3, 0.4) is 0 Å². The smallest absolute Gasteiger partial charge is 0.233 e. The highest BCUT2D eigenvalue weighted by Gasteiger charge is 2.24. The van der Waals surface area contributed by atoms with Crippen molar-refractivity contribution in [2.75, 3.05) is 28.9 Å². The van der Waals surface area contributed by atoms with Gasteiger partial charge in [-0.1, -0.05) is 32.9 Å². The molecule has 9 nitrogen and oxygen atoms in total. The molecule has 1 aliphatic heterocycles. The Labute approximate surface area is 240 Å². The highest BCUT2D eigenvalue weighted by Crippen LogP contribution is 2.40. The van der Waals surface area contributed by atoms with Crippen molar-refractivity contribution in [3.05, 3.63) is 66.2 Å². The van der Waals surface area contributed by atoms with Gasteiger partial charge in [0.2, 0.25) is 21.9 Å². The van der Waals surface area contributed by atoms with Gasteiger partial charge in [-0.05, 0) is 67.6 Å². The molecule has 2 aromatic carbocycles. The molecule has 3 heterocycles. The summed E-state index contributed by atoms with van der Waals surface area (Å²) in [5, 5.41) is 7.71. The number of hydrogen-bond donors (Lipinski definition) is 3. The fourth-order valence-electron chi connectivity index (χ4n) is 4.96. The van der Waals surface area contributed by atoms with Gasteiger partial charge >= 0.3 is 0 Å². The van der Waals surface area contributed by atoms with Gasteiger partial charge in [0.05, 0.1) is 22.7 Å². The van der Waals surface area contributed by atoms with Gasteiger partial charge in [0, 0.05) is 35.8 Å². The first-order chi connectivity index (χ1) is 19.5. The molecule has 1 fully saturated rings. The average molecular weight is 579 g/mol. The molecule has 0 aliphatic carbocycles. The van der Waals surface area contributed by atoms with Gasteiger partial charge in [-0.3, -0.25) is 4.72 Å². The zero-order valence-electron chi connectivity index (χ0n) is 23.7. The number of ether oxygens (including phenoxy) is 1. The van der Waals surface area contributed by atoms with E-state index in [1.807, 2.05) is 33.8 Å². The number of fused-ring (bicyclic) bond motifs is 1. The molecular weight excluding hydrogens is 543 g/mol. The number of benzene rings is 2. The van der Waals surface area contributed by atoms with Crippen LogP contribution in [0.25, 0.3) is 22.0 Å². The SMILES string of the molecule is Cc1ccc2c(NS(=O)(=O)CC(C)(C)C)c(F)ccc2c1Oc1ncccc1-c1ccnc(NC2CCCNC2)n1. The van der Waals surface area contributed by atoms with Crippen molar-refractivity contribution in [1.82, 2.24) is 20.3 Å². The lowest BCUT2D eigenvalue weighted by Crippen LogP contribution is -2.38. The maximum Gasteiger partial charge on any atom is 0.233 e. The Morgan fingerprint density at radius 1 is 1.07 bits per heavy atom. The molecule has 41 heavy (non-hydrogen) atoms. The topological polar surface area (TPSA) is 118 Å². The van der Waals surface area contributed by atoms with Crippen LogP contribution in [0, 0.1) is 18.2 Å². The van der Waals surface area contributed by atoms with Crippen LogP contribution in [-0.4, -0.2) is 48.3 Å². The van der Waals surface area contributed by atoms with E-state index in [-0.39, 0.29) is 17.5 Å². The Morgan fingerprint density at radius 3 is 2.63 bits per heavy atom. The van der Waals surface area contributed by atoms with Gasteiger partial charge in [-0.25, -0.2) is 27.8 Å². The summed E-state index contributed by atoms with van der Waals surface area (Å²) in [4.78, 5) is 13.6. The van der Waals surface area contributed by atoms with Crippen LogP contribution in [0.5, 0.6) is 11.6 Å². The molecule has 1 aliphatic rings. The number of aryl methyl sites for hydroxylation is 1. The summed E-state index contributed by atoms with van der Waals surface area (Å²) < 4.78 is 49.6. The third kappa shape index (κ3) is 6.91. The Morgan fingerprint density at radius 2 is 1.88 bits per heavy atom. The van der Waals surface area contributed by atoms with Crippen molar-refractivity contribution in [1.29, 1.82) is 0 Å². The summed E-state index contributed by atoms with van der Waals surface area (Å²) in [6.45, 7) is 9.18. The summed E-state index contributed by atoms with van der Waals surface area (Å²) in [7, 11) is -3.81. The van der Waals surface area contributed by atoms with Crippen LogP contribution in [0.2, 0.25) is 0 Å². The standard InChI is InChI=1S/C30H35FN6O3S/c1-19-9-10-21-22(11-12-24(31)26(21)37-41(38,39)18-30(2,3)4)27(19)40-28-23(8-6-15-33-28)25-13-16-34-29(36-25)35-20-7-5-14-32-17-20/h6,8-13,15-16,20,32,37H,5,7,14,17-18H2,1-4H3,(H,34,35,36). The second-order valence-corrected chi connectivity index (χ2v) is 13.3. The molecule has 0 spiro atoms. The predicted molar refractivity (Wildman–Crippen MR) is 160 cm³/mol. The second kappa shape index (κ2) is 11.6. The third-order valence-electron chi connectivity index (χ3n) is 6.71. The fraction of sp³-hybridized carbons (Fsp3) is 0.367. The van der Waals surface area contributed by atoms with Gasteiger partial charge in [-0.2, -0.15) is 0 Å². The predicted octanol–water partition coefficient (Wildman–Crippen LogP) is 5.88. The largest absolute Gasteiger partial charge is 0.437 e. The summed E-state index contributed by atoms with van der Waals surface area (Å²) in [6, 6.07) is 12.0. The molecule has 0 radical (unpaired) electrons. The minimum absolute atomic E-state index is 0.110. The van der Waals surface area contributed by atoms with Crippen LogP contribution < -0.4 is 20.1 Å². The van der Waals surface area contributed by atoms with Crippen molar-refractivity contribution in [2.45, 2.75) is 46.6 Å². The van der Waals surface area contributed by atoms with Crippen LogP contribution in [0.1, 0.15) is 39.2 Å². The molecule has 0 bridgehead atoms. The van der Waals surface area contributed by atoms with Gasteiger partial charge < -0.3 is 15.4 Å². The van der Waals surface area contributed by atoms with E-state index in [0.29, 0.717) is 39.6 Å². The van der Waals surface area contributed by atoms with Crippen LogP contribution in [0.15, 0.2) is 54.9 Å². The van der Waals surface area contributed by atoms with Crippen molar-refractivity contribution < 1.29 is 17.5 Å². The number of rotatable bonds is 8. The van der Waals surface area contributed by atoms with Crippen LogP contribution in [-0.2, 0) is 10.0 Å². The molecule has 1 unspecified atom stereocenters. The Hall–Kier alpha value is -3.83. The zero-order valence-corrected chi connectivity index (χ0v) is 24.5. The lowest BCUT2D eigenvalue weighted by Gasteiger charge is -2.23. The van der Waals surface area contributed by atoms with Crippen molar-refractivity contribution in [3.8, 4) is 22.9 Å². The highest BCUT2D eigenvalue weighted by atomic mass is 32.2. The molecule has 2 aromatic heterocycles. The molecule has 11 heteroatoms. The lowest BCUT2D eigenvalue weighted by atomic mass is 10.0. The number of aromatic nitrogens is 3. The van der Waals surface area contributed by atoms with E-state index in [1.165, 1.54) is 6.07 Å². The summed E-state index contributed by atoms with van der Waals surface area (Å²) >= 11 is 0. The van der Waals surface area contributed by atoms with E-state index in [0.717, 1.165) is 31.5 Å². The Bertz CT molecular complexity index is 1670. The number of sulfonamides is 1. The van der Waals surface area contributed by atoms with E-state index < -0.39 is 21.3 Å². The maximum absolute atomic E-state index is 15.0. The van der Waals surface area contributed by atoms with Crippen molar-refractivity contribution >= 4 is 32.4 Å². The third-order valence-corrected chi connectivity index (χ3v) is 8.47. The zero-order chi connectivity index (χ0) is 29.2. The quantitative estimate of drug-likeness (QED) is 0.237.